The fraction of sp³-hybridized carbons (Fsp3) is 0.308. The van der Waals surface area contributed by atoms with Crippen LogP contribution in [-0.2, 0) is 16.0 Å². The average molecular weight is 277 g/mol. The summed E-state index contributed by atoms with van der Waals surface area (Å²) in [5.74, 6) is -1.73. The van der Waals surface area contributed by atoms with Crippen molar-refractivity contribution >= 4 is 23.5 Å². The van der Waals surface area contributed by atoms with E-state index in [2.05, 4.69) is 5.32 Å². The van der Waals surface area contributed by atoms with Crippen LogP contribution < -0.4 is 16.0 Å². The Bertz CT molecular complexity index is 571. The number of carbonyl (C=O) groups excluding carboxylic acids is 2. The Morgan fingerprint density at radius 3 is 2.75 bits per heavy atom. The van der Waals surface area contributed by atoms with Crippen molar-refractivity contribution < 1.29 is 19.5 Å². The molecule has 0 saturated carbocycles. The number of nitrogens with two attached hydrogens (primary N) is 1. The number of amides is 2. The largest absolute Gasteiger partial charge is 0.478 e. The highest BCUT2D eigenvalue weighted by atomic mass is 16.4. The van der Waals surface area contributed by atoms with Crippen LogP contribution in [0.3, 0.4) is 0 Å². The molecule has 1 heterocycles. The number of hydrogen-bond donors (Lipinski definition) is 3. The molecular weight excluding hydrogens is 262 g/mol. The number of benzene rings is 1. The topological polar surface area (TPSA) is 113 Å². The first-order valence-electron chi connectivity index (χ1n) is 6.16. The van der Waals surface area contributed by atoms with Crippen LogP contribution >= 0.6 is 0 Å². The van der Waals surface area contributed by atoms with Gasteiger partial charge in [-0.3, -0.25) is 9.59 Å². The lowest BCUT2D eigenvalue weighted by Gasteiger charge is -2.17. The molecule has 0 aliphatic carbocycles. The van der Waals surface area contributed by atoms with Gasteiger partial charge in [0.1, 0.15) is 0 Å². The van der Waals surface area contributed by atoms with E-state index in [1.165, 1.54) is 17.0 Å². The van der Waals surface area contributed by atoms with E-state index < -0.39 is 11.9 Å². The van der Waals surface area contributed by atoms with Gasteiger partial charge in [0.2, 0.25) is 11.8 Å². The Labute approximate surface area is 115 Å². The first kappa shape index (κ1) is 14.0. The Morgan fingerprint density at radius 2 is 2.10 bits per heavy atom. The van der Waals surface area contributed by atoms with Crippen molar-refractivity contribution in [1.82, 2.24) is 5.32 Å². The molecule has 2 amide bonds. The molecule has 1 aromatic carbocycles. The van der Waals surface area contributed by atoms with Crippen molar-refractivity contribution in [3.63, 3.8) is 0 Å². The third-order valence-corrected chi connectivity index (χ3v) is 3.15. The fourth-order valence-corrected chi connectivity index (χ4v) is 2.11. The second-order valence-electron chi connectivity index (χ2n) is 4.42. The molecule has 0 unspecified atom stereocenters. The fourth-order valence-electron chi connectivity index (χ4n) is 2.11. The number of aromatic carboxylic acids is 1. The minimum Gasteiger partial charge on any atom is -0.478 e. The highest BCUT2D eigenvalue weighted by Gasteiger charge is 2.25. The third kappa shape index (κ3) is 2.77. The number of carboxylic acid groups (broad SMARTS) is 1. The van der Waals surface area contributed by atoms with Crippen LogP contribution in [0.2, 0.25) is 0 Å². The zero-order chi connectivity index (χ0) is 14.7. The average Bonchev–Trinajstić information content (AvgIpc) is 2.87. The molecule has 7 nitrogen and oxygen atoms in total. The molecule has 0 fully saturated rings. The summed E-state index contributed by atoms with van der Waals surface area (Å²) in [7, 11) is 0. The smallest absolute Gasteiger partial charge is 0.335 e. The van der Waals surface area contributed by atoms with Crippen LogP contribution in [0.1, 0.15) is 15.9 Å². The monoisotopic (exact) mass is 277 g/mol. The molecule has 20 heavy (non-hydrogen) atoms. The van der Waals surface area contributed by atoms with E-state index in [1.807, 2.05) is 0 Å². The zero-order valence-electron chi connectivity index (χ0n) is 10.8. The summed E-state index contributed by atoms with van der Waals surface area (Å²) in [5, 5.41) is 11.4. The van der Waals surface area contributed by atoms with E-state index in [0.717, 1.165) is 5.56 Å². The maximum Gasteiger partial charge on any atom is 0.335 e. The third-order valence-electron chi connectivity index (χ3n) is 3.15. The van der Waals surface area contributed by atoms with E-state index >= 15 is 0 Å². The minimum atomic E-state index is -1.04. The van der Waals surface area contributed by atoms with Crippen LogP contribution in [0.5, 0.6) is 0 Å². The van der Waals surface area contributed by atoms with Crippen LogP contribution in [0.25, 0.3) is 0 Å². The maximum absolute atomic E-state index is 12.0. The van der Waals surface area contributed by atoms with Gasteiger partial charge in [-0.25, -0.2) is 4.79 Å². The highest BCUT2D eigenvalue weighted by Crippen LogP contribution is 2.29. The molecule has 1 aromatic rings. The summed E-state index contributed by atoms with van der Waals surface area (Å²) >= 11 is 0. The second kappa shape index (κ2) is 5.70. The summed E-state index contributed by atoms with van der Waals surface area (Å²) in [6.45, 7) is 0.162. The van der Waals surface area contributed by atoms with Crippen LogP contribution in [-0.4, -0.2) is 42.5 Å². The number of carboxylic acids is 1. The summed E-state index contributed by atoms with van der Waals surface area (Å²) < 4.78 is 0. The Hall–Kier alpha value is -2.41. The molecule has 0 aromatic heterocycles. The predicted molar refractivity (Wildman–Crippen MR) is 71.5 cm³/mol. The molecule has 0 spiro atoms. The molecule has 1 aliphatic heterocycles. The van der Waals surface area contributed by atoms with Gasteiger partial charge in [-0.1, -0.05) is 6.07 Å². The van der Waals surface area contributed by atoms with Crippen molar-refractivity contribution in [2.24, 2.45) is 5.73 Å². The van der Waals surface area contributed by atoms with E-state index in [-0.39, 0.29) is 24.6 Å². The van der Waals surface area contributed by atoms with Crippen molar-refractivity contribution in [3.8, 4) is 0 Å². The van der Waals surface area contributed by atoms with E-state index in [0.29, 0.717) is 18.7 Å². The van der Waals surface area contributed by atoms with Crippen LogP contribution in [0, 0.1) is 0 Å². The van der Waals surface area contributed by atoms with E-state index in [9.17, 15) is 14.4 Å². The molecule has 2 rings (SSSR count). The maximum atomic E-state index is 12.0. The second-order valence-corrected chi connectivity index (χ2v) is 4.42. The van der Waals surface area contributed by atoms with Crippen LogP contribution in [0.15, 0.2) is 18.2 Å². The summed E-state index contributed by atoms with van der Waals surface area (Å²) in [6.07, 6.45) is 0.672. The summed E-state index contributed by atoms with van der Waals surface area (Å²) in [4.78, 5) is 35.5. The predicted octanol–water partition coefficient (Wildman–Crippen LogP) is -0.651. The van der Waals surface area contributed by atoms with Crippen molar-refractivity contribution in [2.75, 3.05) is 24.5 Å². The number of carbonyl (C=O) groups is 3. The Kier molecular flexibility index (Phi) is 3.99. The molecule has 0 radical (unpaired) electrons. The molecular formula is C13H15N3O4. The molecule has 106 valence electrons. The first-order valence-corrected chi connectivity index (χ1v) is 6.16. The minimum absolute atomic E-state index is 0.134. The van der Waals surface area contributed by atoms with Gasteiger partial charge in [0.25, 0.3) is 0 Å². The number of fused-ring (bicyclic) bond motifs is 1. The molecule has 0 saturated heterocycles. The highest BCUT2D eigenvalue weighted by molar-refractivity contribution is 6.00. The SMILES string of the molecule is NCC(=O)NCC(=O)N1CCc2ccc(C(=O)O)cc21. The standard InChI is InChI=1S/C13H15N3O4/c14-6-11(17)15-7-12(18)16-4-3-8-1-2-9(13(19)20)5-10(8)16/h1-2,5H,3-4,6-7,14H2,(H,15,17)(H,19,20). The number of anilines is 1. The van der Waals surface area contributed by atoms with Gasteiger partial charge in [-0.2, -0.15) is 0 Å². The van der Waals surface area contributed by atoms with Crippen molar-refractivity contribution in [3.05, 3.63) is 29.3 Å². The number of nitrogens with one attached hydrogen (secondary N) is 1. The Morgan fingerprint density at radius 1 is 1.35 bits per heavy atom. The quantitative estimate of drug-likeness (QED) is 0.677. The molecule has 4 N–H and O–H groups in total. The summed E-state index contributed by atoms with van der Waals surface area (Å²) in [5.41, 5.74) is 6.79. The van der Waals surface area contributed by atoms with Gasteiger partial charge < -0.3 is 21.1 Å². The van der Waals surface area contributed by atoms with Gasteiger partial charge >= 0.3 is 5.97 Å². The first-order chi connectivity index (χ1) is 9.52. The van der Waals surface area contributed by atoms with Crippen LogP contribution in [0.4, 0.5) is 5.69 Å². The van der Waals surface area contributed by atoms with Gasteiger partial charge in [0.15, 0.2) is 0 Å². The molecule has 7 heteroatoms. The lowest BCUT2D eigenvalue weighted by Crippen LogP contribution is -2.41. The van der Waals surface area contributed by atoms with Gasteiger partial charge in [0.05, 0.1) is 18.7 Å². The lowest BCUT2D eigenvalue weighted by atomic mass is 10.1. The van der Waals surface area contributed by atoms with Gasteiger partial charge in [-0.05, 0) is 24.1 Å². The molecule has 1 aliphatic rings. The molecule has 0 atom stereocenters. The van der Waals surface area contributed by atoms with E-state index in [4.69, 9.17) is 10.8 Å². The normalized spacial score (nSPS) is 12.9. The lowest BCUT2D eigenvalue weighted by molar-refractivity contribution is -0.124. The van der Waals surface area contributed by atoms with Gasteiger partial charge in [0, 0.05) is 12.2 Å². The zero-order valence-corrected chi connectivity index (χ0v) is 10.8. The van der Waals surface area contributed by atoms with Gasteiger partial charge in [-0.15, -0.1) is 0 Å². The molecule has 0 bridgehead atoms. The number of rotatable bonds is 4. The van der Waals surface area contributed by atoms with Crippen molar-refractivity contribution in [2.45, 2.75) is 6.42 Å². The van der Waals surface area contributed by atoms with E-state index in [1.54, 1.807) is 6.07 Å². The van der Waals surface area contributed by atoms with Crippen molar-refractivity contribution in [1.29, 1.82) is 0 Å². The number of nitrogens with zero attached hydrogens (tertiary/aromatic N) is 1. The summed E-state index contributed by atoms with van der Waals surface area (Å²) in [6, 6.07) is 4.71. The Balaban J connectivity index is 2.14. The number of hydrogen-bond acceptors (Lipinski definition) is 4.